The summed E-state index contributed by atoms with van der Waals surface area (Å²) in [6.45, 7) is 1.98. The van der Waals surface area contributed by atoms with Crippen molar-refractivity contribution >= 4 is 23.4 Å². The largest absolute Gasteiger partial charge is 0.399 e. The zero-order chi connectivity index (χ0) is 14.5. The molecule has 0 aliphatic rings. The van der Waals surface area contributed by atoms with Crippen molar-refractivity contribution in [3.05, 3.63) is 42.2 Å². The van der Waals surface area contributed by atoms with E-state index in [1.807, 2.05) is 25.3 Å². The van der Waals surface area contributed by atoms with Crippen molar-refractivity contribution in [1.29, 1.82) is 0 Å². The van der Waals surface area contributed by atoms with E-state index in [0.29, 0.717) is 11.4 Å². The summed E-state index contributed by atoms with van der Waals surface area (Å²) in [4.78, 5) is 12.0. The van der Waals surface area contributed by atoms with Gasteiger partial charge in [-0.25, -0.2) is 4.68 Å². The molecular weight excluding hydrogens is 272 g/mol. The Bertz CT molecular complexity index is 579. The lowest BCUT2D eigenvalue weighted by Crippen LogP contribution is -2.34. The molecule has 2 aromatic rings. The molecule has 6 heteroatoms. The Labute approximate surface area is 122 Å². The fourth-order valence-corrected chi connectivity index (χ4v) is 2.39. The number of thioether (sulfide) groups is 1. The molecule has 0 radical (unpaired) electrons. The molecule has 1 unspecified atom stereocenters. The van der Waals surface area contributed by atoms with Gasteiger partial charge < -0.3 is 11.1 Å². The summed E-state index contributed by atoms with van der Waals surface area (Å²) in [5, 5.41) is 7.20. The Hall–Kier alpha value is -1.95. The van der Waals surface area contributed by atoms with E-state index in [1.54, 1.807) is 40.8 Å². The molecule has 3 N–H and O–H groups in total. The number of hydrogen-bond donors (Lipinski definition) is 2. The second-order valence-corrected chi connectivity index (χ2v) is 5.48. The third kappa shape index (κ3) is 3.54. The summed E-state index contributed by atoms with van der Waals surface area (Å²) in [6.07, 6.45) is 3.78. The average molecular weight is 290 g/mol. The monoisotopic (exact) mass is 290 g/mol. The quantitative estimate of drug-likeness (QED) is 0.825. The highest BCUT2D eigenvalue weighted by Gasteiger charge is 2.12. The smallest absolute Gasteiger partial charge is 0.272 e. The van der Waals surface area contributed by atoms with Gasteiger partial charge in [-0.1, -0.05) is 0 Å². The van der Waals surface area contributed by atoms with E-state index in [-0.39, 0.29) is 11.9 Å². The van der Waals surface area contributed by atoms with E-state index in [9.17, 15) is 4.79 Å². The van der Waals surface area contributed by atoms with Crippen molar-refractivity contribution in [2.24, 2.45) is 0 Å². The highest BCUT2D eigenvalue weighted by atomic mass is 32.2. The van der Waals surface area contributed by atoms with Crippen molar-refractivity contribution in [3.63, 3.8) is 0 Å². The highest BCUT2D eigenvalue weighted by molar-refractivity contribution is 7.98. The third-order valence-corrected chi connectivity index (χ3v) is 3.61. The summed E-state index contributed by atoms with van der Waals surface area (Å²) in [7, 11) is 0. The Morgan fingerprint density at radius 1 is 1.40 bits per heavy atom. The minimum Gasteiger partial charge on any atom is -0.399 e. The van der Waals surface area contributed by atoms with E-state index in [0.717, 1.165) is 11.4 Å². The van der Waals surface area contributed by atoms with Gasteiger partial charge in [-0.05, 0) is 43.5 Å². The van der Waals surface area contributed by atoms with Gasteiger partial charge >= 0.3 is 0 Å². The summed E-state index contributed by atoms with van der Waals surface area (Å²) in [5.74, 6) is 0.727. The van der Waals surface area contributed by atoms with Gasteiger partial charge in [0.25, 0.3) is 5.91 Å². The first-order valence-corrected chi connectivity index (χ1v) is 7.71. The van der Waals surface area contributed by atoms with Crippen LogP contribution in [0.4, 0.5) is 5.69 Å². The maximum atomic E-state index is 12.0. The predicted molar refractivity (Wildman–Crippen MR) is 83.3 cm³/mol. The lowest BCUT2D eigenvalue weighted by Gasteiger charge is -2.10. The van der Waals surface area contributed by atoms with Crippen LogP contribution in [0.25, 0.3) is 5.69 Å². The molecule has 0 spiro atoms. The number of nitrogens with one attached hydrogen (secondary N) is 1. The van der Waals surface area contributed by atoms with Crippen LogP contribution in [-0.2, 0) is 0 Å². The number of benzene rings is 1. The third-order valence-electron chi connectivity index (χ3n) is 2.77. The van der Waals surface area contributed by atoms with Crippen molar-refractivity contribution in [1.82, 2.24) is 15.1 Å². The second kappa shape index (κ2) is 6.47. The number of anilines is 1. The van der Waals surface area contributed by atoms with Crippen LogP contribution in [0.2, 0.25) is 0 Å². The van der Waals surface area contributed by atoms with Gasteiger partial charge in [-0.2, -0.15) is 16.9 Å². The first kappa shape index (κ1) is 14.5. The molecule has 0 fully saturated rings. The summed E-state index contributed by atoms with van der Waals surface area (Å²) >= 11 is 1.70. The molecule has 0 saturated carbocycles. The Morgan fingerprint density at radius 2 is 2.10 bits per heavy atom. The molecule has 0 saturated heterocycles. The number of carbonyl (C=O) groups excluding carboxylic acids is 1. The van der Waals surface area contributed by atoms with Crippen LogP contribution in [-0.4, -0.2) is 33.7 Å². The topological polar surface area (TPSA) is 72.9 Å². The molecule has 1 atom stereocenters. The van der Waals surface area contributed by atoms with Gasteiger partial charge in [0.1, 0.15) is 0 Å². The summed E-state index contributed by atoms with van der Waals surface area (Å²) < 4.78 is 1.66. The number of nitrogen functional groups attached to an aromatic ring is 1. The average Bonchev–Trinajstić information content (AvgIpc) is 2.89. The van der Waals surface area contributed by atoms with Gasteiger partial charge in [-0.3, -0.25) is 4.79 Å². The van der Waals surface area contributed by atoms with Gasteiger partial charge in [-0.15, -0.1) is 0 Å². The standard InChI is InChI=1S/C14H18N4OS/c1-10(9-20-2)16-14(19)13-7-8-18(17-13)12-5-3-11(15)4-6-12/h3-8,10H,9,15H2,1-2H3,(H,16,19). The molecule has 1 aromatic heterocycles. The molecule has 1 heterocycles. The maximum Gasteiger partial charge on any atom is 0.272 e. The summed E-state index contributed by atoms with van der Waals surface area (Å²) in [5.41, 5.74) is 7.63. The Morgan fingerprint density at radius 3 is 2.75 bits per heavy atom. The predicted octanol–water partition coefficient (Wildman–Crippen LogP) is 1.94. The fraction of sp³-hybridized carbons (Fsp3) is 0.286. The lowest BCUT2D eigenvalue weighted by atomic mass is 10.3. The van der Waals surface area contributed by atoms with Crippen LogP contribution >= 0.6 is 11.8 Å². The molecule has 5 nitrogen and oxygen atoms in total. The first-order chi connectivity index (χ1) is 9.60. The number of hydrogen-bond acceptors (Lipinski definition) is 4. The molecule has 0 aliphatic heterocycles. The van der Waals surface area contributed by atoms with Crippen molar-refractivity contribution in [2.75, 3.05) is 17.7 Å². The molecule has 106 valence electrons. The number of rotatable bonds is 5. The fourth-order valence-electron chi connectivity index (χ4n) is 1.81. The van der Waals surface area contributed by atoms with E-state index in [4.69, 9.17) is 5.73 Å². The SMILES string of the molecule is CSCC(C)NC(=O)c1ccn(-c2ccc(N)cc2)n1. The van der Waals surface area contributed by atoms with Crippen molar-refractivity contribution in [2.45, 2.75) is 13.0 Å². The van der Waals surface area contributed by atoms with Gasteiger partial charge in [0.05, 0.1) is 5.69 Å². The van der Waals surface area contributed by atoms with E-state index >= 15 is 0 Å². The lowest BCUT2D eigenvalue weighted by molar-refractivity contribution is 0.0938. The number of nitrogens with zero attached hydrogens (tertiary/aromatic N) is 2. The second-order valence-electron chi connectivity index (χ2n) is 4.57. The van der Waals surface area contributed by atoms with Crippen LogP contribution in [0, 0.1) is 0 Å². The van der Waals surface area contributed by atoms with Crippen LogP contribution in [0.5, 0.6) is 0 Å². The minimum absolute atomic E-state index is 0.124. The van der Waals surface area contributed by atoms with Crippen LogP contribution in [0.1, 0.15) is 17.4 Å². The molecule has 1 aromatic carbocycles. The zero-order valence-electron chi connectivity index (χ0n) is 11.5. The van der Waals surface area contributed by atoms with Crippen LogP contribution in [0.3, 0.4) is 0 Å². The number of aromatic nitrogens is 2. The number of nitrogens with two attached hydrogens (primary N) is 1. The van der Waals surface area contributed by atoms with Gasteiger partial charge in [0.15, 0.2) is 5.69 Å². The minimum atomic E-state index is -0.152. The van der Waals surface area contributed by atoms with Crippen molar-refractivity contribution in [3.8, 4) is 5.69 Å². The van der Waals surface area contributed by atoms with Crippen molar-refractivity contribution < 1.29 is 4.79 Å². The van der Waals surface area contributed by atoms with Gasteiger partial charge in [0, 0.05) is 23.7 Å². The number of carbonyl (C=O) groups is 1. The Kier molecular flexibility index (Phi) is 4.68. The molecule has 0 bridgehead atoms. The normalized spacial score (nSPS) is 12.1. The number of amides is 1. The molecule has 2 rings (SSSR count). The zero-order valence-corrected chi connectivity index (χ0v) is 12.4. The highest BCUT2D eigenvalue weighted by Crippen LogP contribution is 2.10. The van der Waals surface area contributed by atoms with E-state index < -0.39 is 0 Å². The molecular formula is C14H18N4OS. The Balaban J connectivity index is 2.08. The van der Waals surface area contributed by atoms with Crippen LogP contribution in [0.15, 0.2) is 36.5 Å². The van der Waals surface area contributed by atoms with E-state index in [1.165, 1.54) is 0 Å². The summed E-state index contributed by atoms with van der Waals surface area (Å²) in [6, 6.07) is 9.16. The van der Waals surface area contributed by atoms with Gasteiger partial charge in [0.2, 0.25) is 0 Å². The molecule has 20 heavy (non-hydrogen) atoms. The molecule has 0 aliphatic carbocycles. The maximum absolute atomic E-state index is 12.0. The molecule has 1 amide bonds. The van der Waals surface area contributed by atoms with Crippen LogP contribution < -0.4 is 11.1 Å². The van der Waals surface area contributed by atoms with E-state index in [2.05, 4.69) is 10.4 Å². The first-order valence-electron chi connectivity index (χ1n) is 6.31.